The number of hydrogen-bond donors (Lipinski definition) is 3. The van der Waals surface area contributed by atoms with Crippen molar-refractivity contribution >= 4 is 112 Å². The van der Waals surface area contributed by atoms with E-state index in [0.717, 1.165) is 212 Å². The molecule has 25 aliphatic carbocycles. The first-order valence-electron chi connectivity index (χ1n) is 56.9. The minimum Gasteiger partial charge on any atom is -0.493 e. The maximum Gasteiger partial charge on any atom is 0.242 e. The Morgan fingerprint density at radius 3 is 0.893 bits per heavy atom. The lowest BCUT2D eigenvalue weighted by Crippen LogP contribution is -2.48. The van der Waals surface area contributed by atoms with Crippen LogP contribution in [0, 0.1) is 116 Å². The highest BCUT2D eigenvalue weighted by molar-refractivity contribution is 9.10. The molecule has 0 radical (unpaired) electrons. The fourth-order valence-electron chi connectivity index (χ4n) is 34.4. The van der Waals surface area contributed by atoms with Crippen molar-refractivity contribution < 1.29 is 65.8 Å². The molecule has 40 heteroatoms. The number of aromatic nitrogens is 15. The summed E-state index contributed by atoms with van der Waals surface area (Å²) < 4.78 is 173. The molecule has 0 spiro atoms. The second-order valence-electron chi connectivity index (χ2n) is 52.6. The zero-order valence-electron chi connectivity index (χ0n) is 86.8. The molecule has 0 aromatic carbocycles. The van der Waals surface area contributed by atoms with E-state index in [2.05, 4.69) is 94.2 Å². The summed E-state index contributed by atoms with van der Waals surface area (Å²) in [6.45, 7) is 7.30. The summed E-state index contributed by atoms with van der Waals surface area (Å²) >= 11 is 3.55. The number of ether oxygens (including phenoxy) is 5. The molecule has 25 saturated carbocycles. The number of hydrogen-bond acceptors (Lipinski definition) is 25. The Kier molecular flexibility index (Phi) is 25.1. The minimum atomic E-state index is -3.42. The second-order valence-corrected chi connectivity index (χ2v) is 63.2. The molecular weight excluding hydrogens is 2070 g/mol. The lowest BCUT2D eigenvalue weighted by molar-refractivity contribution is -0.0747. The van der Waals surface area contributed by atoms with Crippen LogP contribution in [0.15, 0.2) is 65.8 Å². The average Bonchev–Trinajstić information content (AvgIpc) is 0.988. The second kappa shape index (κ2) is 37.7. The maximum absolute atomic E-state index is 12.9. The van der Waals surface area contributed by atoms with Crippen LogP contribution in [0.5, 0.6) is 28.7 Å². The maximum atomic E-state index is 12.9. The van der Waals surface area contributed by atoms with Gasteiger partial charge in [0.15, 0.2) is 49.7 Å². The van der Waals surface area contributed by atoms with Crippen molar-refractivity contribution in [3.8, 4) is 28.7 Å². The van der Waals surface area contributed by atoms with Crippen molar-refractivity contribution in [2.24, 2.45) is 116 Å². The molecule has 11 heterocycles. The molecule has 20 bridgehead atoms. The summed E-state index contributed by atoms with van der Waals surface area (Å²) in [5, 5.41) is 41.1. The third-order valence-corrected chi connectivity index (χ3v) is 46.9. The van der Waals surface area contributed by atoms with Crippen molar-refractivity contribution in [2.75, 3.05) is 72.8 Å². The molecule has 0 atom stereocenters. The van der Waals surface area contributed by atoms with Crippen LogP contribution >= 0.6 is 15.9 Å². The SMILES string of the molecule is CCc1cn2c(NS(=O)(=O)C3CC3)nnc2cc1OCC12CC3CC(CC(C3)C1)C2.CS(=O)(=O)Cc1nnc2cc(OCC34CC5CC(CC(C5)C3)C4)c(C3CC3)cn12.CS(=O)(=O)Nc1nnc2cc(OCC34CC5CC(CC(C5)C3)C4)c(Br)cn12.O=S(=O)(Cc1nnc2cc(OCC34CC5CC(CC(C5)C3)C4)c(C3CC3)cn12)N1CCCC1.O=S(=O)(Nc1nnc2cc(OCC34CC5CC(CC(C5)C3)C4)c(C3CC3)cn12)C1CC1. The molecule has 26 fully saturated rings. The van der Waals surface area contributed by atoms with E-state index in [4.69, 9.17) is 23.7 Å². The van der Waals surface area contributed by atoms with Crippen molar-refractivity contribution in [2.45, 2.75) is 323 Å². The molecule has 0 unspecified atom stereocenters. The summed E-state index contributed by atoms with van der Waals surface area (Å²) in [4.78, 5) is 0. The summed E-state index contributed by atoms with van der Waals surface area (Å²) in [7, 11) is -16.7. The van der Waals surface area contributed by atoms with Crippen molar-refractivity contribution in [1.82, 2.24) is 77.3 Å². The van der Waals surface area contributed by atoms with E-state index in [1.807, 2.05) is 57.7 Å². The Labute approximate surface area is 888 Å². The molecule has 3 N–H and O–H groups in total. The zero-order chi connectivity index (χ0) is 102. The summed E-state index contributed by atoms with van der Waals surface area (Å²) in [5.41, 5.74) is 9.56. The van der Waals surface area contributed by atoms with Gasteiger partial charge in [0.2, 0.25) is 57.9 Å². The fraction of sp³-hybridized carbons (Fsp3) is 0.727. The van der Waals surface area contributed by atoms with Crippen molar-refractivity contribution in [1.29, 1.82) is 0 Å². The van der Waals surface area contributed by atoms with Crippen LogP contribution in [-0.4, -0.2) is 189 Å². The number of nitrogens with one attached hydrogen (secondary N) is 3. The van der Waals surface area contributed by atoms with Gasteiger partial charge in [-0.2, -0.15) is 0 Å². The molecule has 0 amide bonds. The third-order valence-electron chi connectivity index (χ3n) is 39.5. The van der Waals surface area contributed by atoms with Crippen LogP contribution in [0.1, 0.15) is 328 Å². The summed E-state index contributed by atoms with van der Waals surface area (Å²) in [6.07, 6.45) is 66.1. The third kappa shape index (κ3) is 20.7. The number of aryl methyl sites for hydroxylation is 1. The topological polar surface area (TPSA) is 407 Å². The molecule has 10 aromatic rings. The number of pyridine rings is 5. The number of sulfone groups is 1. The van der Waals surface area contributed by atoms with Gasteiger partial charge in [0.05, 0.1) is 54.3 Å². The largest absolute Gasteiger partial charge is 0.493 e. The van der Waals surface area contributed by atoms with E-state index < -0.39 is 49.9 Å². The quantitative estimate of drug-likeness (QED) is 0.0352. The van der Waals surface area contributed by atoms with Crippen LogP contribution in [0.3, 0.4) is 0 Å². The van der Waals surface area contributed by atoms with Gasteiger partial charge < -0.3 is 23.7 Å². The van der Waals surface area contributed by atoms with Gasteiger partial charge in [0.25, 0.3) is 0 Å². The zero-order valence-corrected chi connectivity index (χ0v) is 92.5. The monoisotopic (exact) mass is 2210 g/mol. The molecule has 36 rings (SSSR count). The molecule has 150 heavy (non-hydrogen) atoms. The first-order valence-corrected chi connectivity index (χ1v) is 66.3. The van der Waals surface area contributed by atoms with E-state index in [1.54, 1.807) is 23.7 Å². The lowest BCUT2D eigenvalue weighted by atomic mass is 9.50. The highest BCUT2D eigenvalue weighted by Crippen LogP contribution is 2.67. The average molecular weight is 2210 g/mol. The van der Waals surface area contributed by atoms with Gasteiger partial charge in [-0.1, -0.05) is 6.92 Å². The Morgan fingerprint density at radius 1 is 0.320 bits per heavy atom. The smallest absolute Gasteiger partial charge is 0.242 e. The van der Waals surface area contributed by atoms with Crippen molar-refractivity contribution in [3.05, 3.63) is 99.7 Å². The van der Waals surface area contributed by atoms with Gasteiger partial charge >= 0.3 is 0 Å². The summed E-state index contributed by atoms with van der Waals surface area (Å²) in [5.74, 6) is 21.1. The predicted molar refractivity (Wildman–Crippen MR) is 570 cm³/mol. The molecular formula is C110H146BrN19O15S5. The number of nitrogens with zero attached hydrogens (tertiary/aromatic N) is 16. The van der Waals surface area contributed by atoms with Gasteiger partial charge in [-0.3, -0.25) is 36.2 Å². The van der Waals surface area contributed by atoms with Gasteiger partial charge in [0.1, 0.15) is 40.3 Å². The van der Waals surface area contributed by atoms with Crippen LogP contribution in [0.4, 0.5) is 17.8 Å². The molecule has 808 valence electrons. The van der Waals surface area contributed by atoms with Gasteiger partial charge in [0, 0.05) is 130 Å². The standard InChI is InChI=1S/C25H34N4O3S.C23H30N4O3S.C22H30N4O3S.C22H29N3O3S.C18H23BrN4O3S/c30-33(31,28-5-1-2-6-28)15-24-27-26-23-10-22(21(14-29(23)24)20-3-4-20)32-16-25-11-17-7-18(12-25)9-19(8-17)13-25;28-31(29,18-3-4-18)26-22-25-24-21-8-20(19(12-27(21)22)17-1-2-17)30-13-23-9-14-5-15(10-23)7-16(6-14)11-23;1-2-17-12-26-20(23-24-21(26)25-30(27,28)18-3-4-18)8-19(17)29-13-22-9-14-5-15(10-22)7-16(6-14)11-22;1-29(26,27)12-21-24-23-20-7-19(18(11-25(20)21)17-2-3-17)28-13-22-8-14-4-15(9-22)6-16(5-14)10-22;1-27(24,25)22-17-21-20-16-5-15(14(19)9-23(16)17)26-10-18-6-11-2-12(7-18)4-13(3-11)8-18/h10,14,17-20H,1-9,11-13,15-16H2;8,12,14-18H,1-7,9-11,13H2,(H,25,26);8,12,14-16,18H,2-7,9-11,13H2,1H3,(H,24,25);7,11,14-17H,2-6,8-10,12-13H2,1H3;5,9,11-13H,2-4,6-8,10H2,1H3,(H,21,22). The van der Waals surface area contributed by atoms with E-state index in [0.29, 0.717) is 111 Å². The van der Waals surface area contributed by atoms with Crippen LogP contribution in [0.25, 0.3) is 28.2 Å². The number of sulfonamides is 4. The van der Waals surface area contributed by atoms with E-state index in [1.165, 1.54) is 241 Å². The predicted octanol–water partition coefficient (Wildman–Crippen LogP) is 19.2. The first kappa shape index (κ1) is 99.7. The number of rotatable bonds is 32. The Bertz CT molecular complexity index is 7350. The minimum absolute atomic E-state index is 0.0915. The summed E-state index contributed by atoms with van der Waals surface area (Å²) in [6, 6.07) is 9.68. The molecule has 26 aliphatic rings. The van der Waals surface area contributed by atoms with Gasteiger partial charge in [-0.05, 0) is 399 Å². The lowest BCUT2D eigenvalue weighted by Gasteiger charge is -2.56. The molecule has 1 saturated heterocycles. The van der Waals surface area contributed by atoms with Crippen LogP contribution in [0.2, 0.25) is 0 Å². The first-order chi connectivity index (χ1) is 72.0. The molecule has 1 aliphatic heterocycles. The van der Waals surface area contributed by atoms with E-state index in [-0.39, 0.29) is 39.9 Å². The molecule has 10 aromatic heterocycles. The Hall–Kier alpha value is -8.31. The highest BCUT2D eigenvalue weighted by Gasteiger charge is 2.58. The Balaban J connectivity index is 0.0000000923. The number of anilines is 3. The normalized spacial score (nSPS) is 33.3. The van der Waals surface area contributed by atoms with Gasteiger partial charge in [-0.15, -0.1) is 51.0 Å². The fourth-order valence-corrected chi connectivity index (χ4v) is 40.1. The molecule has 34 nitrogen and oxygen atoms in total. The van der Waals surface area contributed by atoms with E-state index >= 15 is 0 Å². The van der Waals surface area contributed by atoms with Crippen molar-refractivity contribution in [3.63, 3.8) is 0 Å². The van der Waals surface area contributed by atoms with Crippen LogP contribution in [-0.2, 0) is 67.9 Å². The van der Waals surface area contributed by atoms with Crippen LogP contribution < -0.4 is 37.9 Å². The van der Waals surface area contributed by atoms with E-state index in [9.17, 15) is 42.1 Å². The highest BCUT2D eigenvalue weighted by atomic mass is 79.9. The Morgan fingerprint density at radius 2 is 0.587 bits per heavy atom. The van der Waals surface area contributed by atoms with Gasteiger partial charge in [-0.25, -0.2) is 46.4 Å². The number of halogens is 1. The number of fused-ring (bicyclic) bond motifs is 5.